The summed E-state index contributed by atoms with van der Waals surface area (Å²) in [6, 6.07) is 15.2. The average Bonchev–Trinajstić information content (AvgIpc) is 2.56. The minimum atomic E-state index is -3.73. The van der Waals surface area contributed by atoms with Gasteiger partial charge in [-0.25, -0.2) is 0 Å². The van der Waals surface area contributed by atoms with Gasteiger partial charge >= 0.3 is 0 Å². The molecule has 0 spiro atoms. The van der Waals surface area contributed by atoms with E-state index in [1.807, 2.05) is 6.92 Å². The van der Waals surface area contributed by atoms with Gasteiger partial charge < -0.3 is 0 Å². The Morgan fingerprint density at radius 3 is 2.00 bits per heavy atom. The third-order valence-corrected chi connectivity index (χ3v) is 6.12. The van der Waals surface area contributed by atoms with Gasteiger partial charge in [0, 0.05) is 5.92 Å². The third kappa shape index (κ3) is 3.87. The molecule has 0 N–H and O–H groups in total. The van der Waals surface area contributed by atoms with Crippen molar-refractivity contribution < 1.29 is 12.6 Å². The van der Waals surface area contributed by atoms with Crippen molar-refractivity contribution in [3.05, 3.63) is 65.2 Å². The zero-order valence-corrected chi connectivity index (χ0v) is 15.1. The molecule has 0 radical (unpaired) electrons. The average molecular weight is 344 g/mol. The van der Waals surface area contributed by atoms with E-state index < -0.39 is 10.1 Å². The van der Waals surface area contributed by atoms with E-state index in [1.54, 1.807) is 24.3 Å². The van der Waals surface area contributed by atoms with Gasteiger partial charge in [0.15, 0.2) is 0 Å². The van der Waals surface area contributed by atoms with Crippen LogP contribution in [0.4, 0.5) is 0 Å². The van der Waals surface area contributed by atoms with Crippen LogP contribution < -0.4 is 0 Å². The van der Waals surface area contributed by atoms with Gasteiger partial charge in [-0.2, -0.15) is 8.42 Å². The molecule has 0 heterocycles. The molecule has 1 saturated carbocycles. The molecule has 0 amide bonds. The molecule has 3 rings (SSSR count). The van der Waals surface area contributed by atoms with Gasteiger partial charge in [-0.05, 0) is 44.4 Å². The Morgan fingerprint density at radius 2 is 1.38 bits per heavy atom. The summed E-state index contributed by atoms with van der Waals surface area (Å²) in [5, 5.41) is 0. The Hall–Kier alpha value is -1.65. The van der Waals surface area contributed by atoms with Crippen LogP contribution in [0, 0.1) is 13.8 Å². The summed E-state index contributed by atoms with van der Waals surface area (Å²) in [6.07, 6.45) is 3.59. The minimum absolute atomic E-state index is 0.138. The molecule has 1 aliphatic carbocycles. The number of benzene rings is 2. The SMILES string of the molecule is Cc1ccc([C@H]2CCCC[C@@H]2OS(=O)(=O)c2ccc(C)cc2)cc1. The summed E-state index contributed by atoms with van der Waals surface area (Å²) in [4.78, 5) is 0.237. The van der Waals surface area contributed by atoms with Crippen molar-refractivity contribution in [2.45, 2.75) is 56.4 Å². The smallest absolute Gasteiger partial charge is 0.262 e. The maximum absolute atomic E-state index is 12.6. The van der Waals surface area contributed by atoms with Crippen LogP contribution in [-0.2, 0) is 14.3 Å². The van der Waals surface area contributed by atoms with Crippen LogP contribution in [0.5, 0.6) is 0 Å². The third-order valence-electron chi connectivity index (χ3n) is 4.77. The Balaban J connectivity index is 1.83. The molecule has 1 aliphatic rings. The second-order valence-electron chi connectivity index (χ2n) is 6.70. The van der Waals surface area contributed by atoms with E-state index in [4.69, 9.17) is 4.18 Å². The molecule has 0 aliphatic heterocycles. The summed E-state index contributed by atoms with van der Waals surface area (Å²) in [5.41, 5.74) is 3.41. The van der Waals surface area contributed by atoms with E-state index in [2.05, 4.69) is 31.2 Å². The molecular formula is C20H24O3S. The zero-order chi connectivity index (χ0) is 17.2. The first-order valence-corrected chi connectivity index (χ1v) is 9.93. The van der Waals surface area contributed by atoms with Crippen molar-refractivity contribution >= 4 is 10.1 Å². The topological polar surface area (TPSA) is 43.4 Å². The highest BCUT2D eigenvalue weighted by molar-refractivity contribution is 7.86. The van der Waals surface area contributed by atoms with Crippen LogP contribution in [0.2, 0.25) is 0 Å². The molecule has 4 heteroatoms. The first kappa shape index (κ1) is 17.2. The van der Waals surface area contributed by atoms with Crippen LogP contribution in [-0.4, -0.2) is 14.5 Å². The summed E-state index contributed by atoms with van der Waals surface area (Å²) in [6.45, 7) is 3.99. The molecule has 0 aromatic heterocycles. The molecule has 1 fully saturated rings. The lowest BCUT2D eigenvalue weighted by molar-refractivity contribution is 0.137. The predicted molar refractivity (Wildman–Crippen MR) is 95.6 cm³/mol. The summed E-state index contributed by atoms with van der Waals surface area (Å²) in [5.74, 6) is 0.138. The maximum Gasteiger partial charge on any atom is 0.297 e. The number of hydrogen-bond donors (Lipinski definition) is 0. The van der Waals surface area contributed by atoms with Crippen molar-refractivity contribution in [2.24, 2.45) is 0 Å². The van der Waals surface area contributed by atoms with E-state index in [9.17, 15) is 8.42 Å². The minimum Gasteiger partial charge on any atom is -0.262 e. The lowest BCUT2D eigenvalue weighted by atomic mass is 9.81. The Bertz CT molecular complexity index is 777. The van der Waals surface area contributed by atoms with Crippen molar-refractivity contribution in [1.82, 2.24) is 0 Å². The van der Waals surface area contributed by atoms with Gasteiger partial charge in [0.2, 0.25) is 0 Å². The second kappa shape index (κ2) is 7.08. The van der Waals surface area contributed by atoms with Crippen molar-refractivity contribution in [3.8, 4) is 0 Å². The van der Waals surface area contributed by atoms with E-state index in [1.165, 1.54) is 11.1 Å². The maximum atomic E-state index is 12.6. The van der Waals surface area contributed by atoms with Gasteiger partial charge in [0.05, 0.1) is 11.0 Å². The van der Waals surface area contributed by atoms with Gasteiger partial charge in [-0.1, -0.05) is 60.4 Å². The standard InChI is InChI=1S/C20H24O3S/c1-15-7-11-17(12-8-15)19-5-3-4-6-20(19)23-24(21,22)18-13-9-16(2)10-14-18/h7-14,19-20H,3-6H2,1-2H3/t19-,20+/m1/s1. The van der Waals surface area contributed by atoms with E-state index in [-0.39, 0.29) is 16.9 Å². The first-order valence-electron chi connectivity index (χ1n) is 8.52. The summed E-state index contributed by atoms with van der Waals surface area (Å²) >= 11 is 0. The molecule has 0 unspecified atom stereocenters. The molecule has 2 aromatic carbocycles. The zero-order valence-electron chi connectivity index (χ0n) is 14.2. The largest absolute Gasteiger partial charge is 0.297 e. The fourth-order valence-corrected chi connectivity index (χ4v) is 4.47. The van der Waals surface area contributed by atoms with Crippen LogP contribution in [0.3, 0.4) is 0 Å². The normalized spacial score (nSPS) is 21.6. The molecule has 3 nitrogen and oxygen atoms in total. The van der Waals surface area contributed by atoms with Gasteiger partial charge in [0.25, 0.3) is 10.1 Å². The molecule has 2 atom stereocenters. The Labute approximate surface area is 144 Å². The van der Waals surface area contributed by atoms with Gasteiger partial charge in [0.1, 0.15) is 0 Å². The highest BCUT2D eigenvalue weighted by Gasteiger charge is 2.32. The second-order valence-corrected chi connectivity index (χ2v) is 8.28. The fourth-order valence-electron chi connectivity index (χ4n) is 3.33. The fraction of sp³-hybridized carbons (Fsp3) is 0.400. The Morgan fingerprint density at radius 1 is 0.833 bits per heavy atom. The van der Waals surface area contributed by atoms with Crippen LogP contribution in [0.25, 0.3) is 0 Å². The van der Waals surface area contributed by atoms with Crippen LogP contribution in [0.1, 0.15) is 48.3 Å². The molecular weight excluding hydrogens is 320 g/mol. The van der Waals surface area contributed by atoms with Crippen molar-refractivity contribution in [1.29, 1.82) is 0 Å². The lowest BCUT2D eigenvalue weighted by Gasteiger charge is -2.31. The van der Waals surface area contributed by atoms with Gasteiger partial charge in [-0.15, -0.1) is 0 Å². The monoisotopic (exact) mass is 344 g/mol. The predicted octanol–water partition coefficient (Wildman–Crippen LogP) is 4.74. The first-order chi connectivity index (χ1) is 11.5. The quantitative estimate of drug-likeness (QED) is 0.753. The molecule has 0 saturated heterocycles. The van der Waals surface area contributed by atoms with E-state index >= 15 is 0 Å². The van der Waals surface area contributed by atoms with Gasteiger partial charge in [-0.3, -0.25) is 4.18 Å². The number of aryl methyl sites for hydroxylation is 2. The van der Waals surface area contributed by atoms with E-state index in [0.29, 0.717) is 0 Å². The van der Waals surface area contributed by atoms with E-state index in [0.717, 1.165) is 31.2 Å². The Kier molecular flexibility index (Phi) is 5.07. The molecule has 128 valence electrons. The summed E-state index contributed by atoms with van der Waals surface area (Å²) in [7, 11) is -3.73. The molecule has 24 heavy (non-hydrogen) atoms. The lowest BCUT2D eigenvalue weighted by Crippen LogP contribution is -2.28. The van der Waals surface area contributed by atoms with Crippen LogP contribution >= 0.6 is 0 Å². The molecule has 0 bridgehead atoms. The molecule has 2 aromatic rings. The highest BCUT2D eigenvalue weighted by atomic mass is 32.2. The summed E-state index contributed by atoms with van der Waals surface area (Å²) < 4.78 is 30.9. The number of hydrogen-bond acceptors (Lipinski definition) is 3. The van der Waals surface area contributed by atoms with Crippen molar-refractivity contribution in [2.75, 3.05) is 0 Å². The number of rotatable bonds is 4. The van der Waals surface area contributed by atoms with Crippen LogP contribution in [0.15, 0.2) is 53.4 Å². The highest BCUT2D eigenvalue weighted by Crippen LogP contribution is 2.36. The van der Waals surface area contributed by atoms with Crippen molar-refractivity contribution in [3.63, 3.8) is 0 Å².